The van der Waals surface area contributed by atoms with Gasteiger partial charge in [0.2, 0.25) is 5.91 Å². The molecule has 0 aromatic carbocycles. The van der Waals surface area contributed by atoms with Crippen molar-refractivity contribution < 1.29 is 47.8 Å². The Kier molecular flexibility index (Phi) is 38.2. The van der Waals surface area contributed by atoms with E-state index in [1.54, 1.807) is 0 Å². The van der Waals surface area contributed by atoms with E-state index in [2.05, 4.69) is 19.2 Å². The van der Waals surface area contributed by atoms with Gasteiger partial charge in [0.15, 0.2) is 6.04 Å². The second-order valence-corrected chi connectivity index (χ2v) is 17.1. The summed E-state index contributed by atoms with van der Waals surface area (Å²) in [7, 11) is -4.75. The molecule has 0 aromatic heterocycles. The van der Waals surface area contributed by atoms with Gasteiger partial charge in [-0.1, -0.05) is 200 Å². The van der Waals surface area contributed by atoms with Crippen molar-refractivity contribution in [2.75, 3.05) is 19.8 Å². The summed E-state index contributed by atoms with van der Waals surface area (Å²) in [4.78, 5) is 45.9. The highest BCUT2D eigenvalue weighted by Crippen LogP contribution is 2.43. The van der Waals surface area contributed by atoms with Crippen LogP contribution in [-0.4, -0.2) is 64.9 Å². The van der Waals surface area contributed by atoms with Gasteiger partial charge < -0.3 is 25.2 Å². The molecule has 0 aliphatic rings. The van der Waals surface area contributed by atoms with Crippen LogP contribution in [0.2, 0.25) is 0 Å². The first-order valence-electron chi connectivity index (χ1n) is 22.6. The van der Waals surface area contributed by atoms with Gasteiger partial charge in [0, 0.05) is 12.8 Å². The minimum atomic E-state index is -4.75. The second-order valence-electron chi connectivity index (χ2n) is 15.6. The number of carboxylic acid groups (broad SMARTS) is 1. The quantitative estimate of drug-likeness (QED) is 0.0264. The van der Waals surface area contributed by atoms with Gasteiger partial charge in [0.25, 0.3) is 0 Å². The SMILES string of the molecule is CCCCCCCCCCCCCCCCCCCCC(=O)NC(COP(=O)(O)OCC(O)COC(=O)CCCCCCCCCCCCCCC)C(=O)O. The monoisotopic (exact) mass is 806 g/mol. The summed E-state index contributed by atoms with van der Waals surface area (Å²) < 4.78 is 26.8. The van der Waals surface area contributed by atoms with Crippen LogP contribution >= 0.6 is 7.82 Å². The fourth-order valence-corrected chi connectivity index (χ4v) is 7.38. The van der Waals surface area contributed by atoms with E-state index in [1.807, 2.05) is 0 Å². The number of amides is 1. The number of hydrogen-bond donors (Lipinski definition) is 4. The maximum absolute atomic E-state index is 12.3. The summed E-state index contributed by atoms with van der Waals surface area (Å²) in [6, 6.07) is -1.54. The predicted molar refractivity (Wildman–Crippen MR) is 222 cm³/mol. The summed E-state index contributed by atoms with van der Waals surface area (Å²) >= 11 is 0. The number of unbranched alkanes of at least 4 members (excludes halogenated alkanes) is 29. The van der Waals surface area contributed by atoms with Gasteiger partial charge in [-0.2, -0.15) is 0 Å². The highest BCUT2D eigenvalue weighted by Gasteiger charge is 2.28. The van der Waals surface area contributed by atoms with Crippen molar-refractivity contribution in [3.05, 3.63) is 0 Å². The van der Waals surface area contributed by atoms with E-state index in [0.717, 1.165) is 38.5 Å². The first kappa shape index (κ1) is 53.5. The lowest BCUT2D eigenvalue weighted by atomic mass is 10.0. The molecule has 4 N–H and O–H groups in total. The topological polar surface area (TPSA) is 169 Å². The number of carbonyl (C=O) groups excluding carboxylic acids is 2. The number of aliphatic hydroxyl groups is 1. The Morgan fingerprint density at radius 2 is 0.836 bits per heavy atom. The standard InChI is InChI=1S/C43H84NO10P/c1-3-5-7-9-11-13-15-17-18-19-20-21-23-24-26-28-30-32-34-41(46)44-40(43(48)49)38-54-55(50,51)53-37-39(45)36-52-42(47)35-33-31-29-27-25-22-16-14-12-10-8-6-4-2/h39-40,45H,3-38H2,1-2H3,(H,44,46)(H,48,49)(H,50,51). The van der Waals surface area contributed by atoms with Crippen molar-refractivity contribution in [2.45, 2.75) is 238 Å². The van der Waals surface area contributed by atoms with Crippen molar-refractivity contribution in [3.63, 3.8) is 0 Å². The smallest absolute Gasteiger partial charge is 0.472 e. The van der Waals surface area contributed by atoms with Gasteiger partial charge in [0.1, 0.15) is 12.7 Å². The molecule has 0 bridgehead atoms. The van der Waals surface area contributed by atoms with Crippen molar-refractivity contribution >= 4 is 25.7 Å². The number of phosphoric acid groups is 1. The zero-order chi connectivity index (χ0) is 40.7. The molecule has 0 radical (unpaired) electrons. The Morgan fingerprint density at radius 3 is 1.20 bits per heavy atom. The third kappa shape index (κ3) is 39.1. The van der Waals surface area contributed by atoms with E-state index in [4.69, 9.17) is 13.8 Å². The molecule has 55 heavy (non-hydrogen) atoms. The number of rotatable bonds is 43. The number of hydrogen-bond acceptors (Lipinski definition) is 8. The molecule has 0 saturated carbocycles. The summed E-state index contributed by atoms with van der Waals surface area (Å²) in [5.41, 5.74) is 0. The number of nitrogens with one attached hydrogen (secondary N) is 1. The van der Waals surface area contributed by atoms with E-state index >= 15 is 0 Å². The molecular weight excluding hydrogens is 721 g/mol. The molecule has 0 spiro atoms. The molecule has 0 saturated heterocycles. The fourth-order valence-electron chi connectivity index (χ4n) is 6.61. The number of carboxylic acids is 1. The summed E-state index contributed by atoms with van der Waals surface area (Å²) in [6.45, 7) is 2.62. The van der Waals surface area contributed by atoms with Crippen LogP contribution in [0.3, 0.4) is 0 Å². The van der Waals surface area contributed by atoms with Crippen molar-refractivity contribution in [3.8, 4) is 0 Å². The van der Waals surface area contributed by atoms with Crippen LogP contribution in [0.4, 0.5) is 0 Å². The molecule has 1 amide bonds. The highest BCUT2D eigenvalue weighted by atomic mass is 31.2. The lowest BCUT2D eigenvalue weighted by Gasteiger charge is -2.18. The minimum Gasteiger partial charge on any atom is -0.480 e. The van der Waals surface area contributed by atoms with E-state index in [1.165, 1.54) is 148 Å². The Bertz CT molecular complexity index is 952. The Labute approximate surface area is 335 Å². The van der Waals surface area contributed by atoms with E-state index in [-0.39, 0.29) is 12.8 Å². The fraction of sp³-hybridized carbons (Fsp3) is 0.930. The molecular formula is C43H84NO10P. The average molecular weight is 806 g/mol. The van der Waals surface area contributed by atoms with Gasteiger partial charge in [-0.25, -0.2) is 9.36 Å². The number of esters is 1. The van der Waals surface area contributed by atoms with Crippen LogP contribution in [0.25, 0.3) is 0 Å². The lowest BCUT2D eigenvalue weighted by molar-refractivity contribution is -0.147. The molecule has 0 aliphatic heterocycles. The summed E-state index contributed by atoms with van der Waals surface area (Å²) in [5.74, 6) is -2.35. The average Bonchev–Trinajstić information content (AvgIpc) is 3.16. The molecule has 11 nitrogen and oxygen atoms in total. The third-order valence-electron chi connectivity index (χ3n) is 10.1. The van der Waals surface area contributed by atoms with Gasteiger partial charge in [-0.05, 0) is 12.8 Å². The molecule has 0 rings (SSSR count). The second kappa shape index (κ2) is 39.3. The summed E-state index contributed by atoms with van der Waals surface area (Å²) in [6.07, 6.45) is 36.9. The predicted octanol–water partition coefficient (Wildman–Crippen LogP) is 11.5. The maximum Gasteiger partial charge on any atom is 0.472 e. The van der Waals surface area contributed by atoms with Gasteiger partial charge in [-0.3, -0.25) is 18.6 Å². The Morgan fingerprint density at radius 1 is 0.509 bits per heavy atom. The van der Waals surface area contributed by atoms with Crippen LogP contribution in [0, 0.1) is 0 Å². The van der Waals surface area contributed by atoms with Gasteiger partial charge in [-0.15, -0.1) is 0 Å². The molecule has 0 fully saturated rings. The zero-order valence-electron chi connectivity index (χ0n) is 35.3. The zero-order valence-corrected chi connectivity index (χ0v) is 36.2. The number of carbonyl (C=O) groups is 3. The molecule has 12 heteroatoms. The van der Waals surface area contributed by atoms with Gasteiger partial charge in [0.05, 0.1) is 13.2 Å². The highest BCUT2D eigenvalue weighted by molar-refractivity contribution is 7.47. The molecule has 0 aromatic rings. The van der Waals surface area contributed by atoms with Crippen molar-refractivity contribution in [1.29, 1.82) is 0 Å². The molecule has 0 heterocycles. The van der Waals surface area contributed by atoms with E-state index < -0.39 is 57.6 Å². The number of aliphatic carboxylic acids is 1. The molecule has 0 aliphatic carbocycles. The lowest BCUT2D eigenvalue weighted by Crippen LogP contribution is -2.43. The van der Waals surface area contributed by atoms with Crippen LogP contribution in [0.1, 0.15) is 226 Å². The van der Waals surface area contributed by atoms with E-state index in [9.17, 15) is 34.1 Å². The minimum absolute atomic E-state index is 0.153. The summed E-state index contributed by atoms with van der Waals surface area (Å²) in [5, 5.41) is 21.8. The van der Waals surface area contributed by atoms with Crippen LogP contribution in [0.5, 0.6) is 0 Å². The Hall–Kier alpha value is -1.52. The van der Waals surface area contributed by atoms with Gasteiger partial charge >= 0.3 is 19.8 Å². The van der Waals surface area contributed by atoms with E-state index in [0.29, 0.717) is 12.8 Å². The normalized spacial score (nSPS) is 13.7. The van der Waals surface area contributed by atoms with Crippen LogP contribution in [-0.2, 0) is 32.7 Å². The van der Waals surface area contributed by atoms with Crippen molar-refractivity contribution in [1.82, 2.24) is 5.32 Å². The molecule has 3 unspecified atom stereocenters. The first-order valence-corrected chi connectivity index (χ1v) is 24.1. The van der Waals surface area contributed by atoms with Crippen LogP contribution < -0.4 is 5.32 Å². The largest absolute Gasteiger partial charge is 0.480 e. The van der Waals surface area contributed by atoms with Crippen molar-refractivity contribution in [2.24, 2.45) is 0 Å². The maximum atomic E-state index is 12.3. The number of ether oxygens (including phenoxy) is 1. The first-order chi connectivity index (χ1) is 26.6. The number of aliphatic hydroxyl groups excluding tert-OH is 1. The van der Waals surface area contributed by atoms with Crippen LogP contribution in [0.15, 0.2) is 0 Å². The Balaban J connectivity index is 3.85. The number of phosphoric ester groups is 1. The molecule has 3 atom stereocenters. The third-order valence-corrected chi connectivity index (χ3v) is 11.1. The molecule has 326 valence electrons.